The third-order valence-electron chi connectivity index (χ3n) is 16.2. The molecule has 6 nitrogen and oxygen atoms in total. The molecule has 0 rings (SSSR count). The zero-order valence-electron chi connectivity index (χ0n) is 53.0. The predicted molar refractivity (Wildman–Crippen MR) is 340 cm³/mol. The maximum atomic E-state index is 13.0. The van der Waals surface area contributed by atoms with Gasteiger partial charge < -0.3 is 14.2 Å². The summed E-state index contributed by atoms with van der Waals surface area (Å²) < 4.78 is 17.0. The number of rotatable bonds is 66. The Morgan fingerprint density at radius 2 is 0.423 bits per heavy atom. The van der Waals surface area contributed by atoms with Gasteiger partial charge in [-0.3, -0.25) is 14.4 Å². The van der Waals surface area contributed by atoms with Gasteiger partial charge in [0, 0.05) is 19.3 Å². The van der Waals surface area contributed by atoms with E-state index in [1.807, 2.05) is 0 Å². The molecule has 0 aromatic carbocycles. The summed E-state index contributed by atoms with van der Waals surface area (Å²) in [6, 6.07) is 0. The fraction of sp³-hybridized carbons (Fsp3) is 0.903. The van der Waals surface area contributed by atoms with Crippen molar-refractivity contribution < 1.29 is 28.6 Å². The second-order valence-electron chi connectivity index (χ2n) is 24.1. The molecule has 0 aliphatic rings. The molecule has 0 saturated heterocycles. The summed E-state index contributed by atoms with van der Waals surface area (Å²) in [5, 5.41) is 0. The van der Waals surface area contributed by atoms with Crippen LogP contribution in [0.5, 0.6) is 0 Å². The first-order valence-electron chi connectivity index (χ1n) is 35.3. The third-order valence-corrected chi connectivity index (χ3v) is 16.2. The van der Waals surface area contributed by atoms with Gasteiger partial charge in [-0.25, -0.2) is 0 Å². The molecule has 0 spiro atoms. The topological polar surface area (TPSA) is 78.9 Å². The molecule has 6 heteroatoms. The highest BCUT2D eigenvalue weighted by Crippen LogP contribution is 2.18. The van der Waals surface area contributed by atoms with Gasteiger partial charge in [0.2, 0.25) is 0 Å². The maximum Gasteiger partial charge on any atom is 0.306 e. The van der Waals surface area contributed by atoms with E-state index in [0.717, 1.165) is 57.8 Å². The molecule has 0 aromatic rings. The highest BCUT2D eigenvalue weighted by atomic mass is 16.6. The van der Waals surface area contributed by atoms with E-state index in [4.69, 9.17) is 14.2 Å². The Morgan fingerprint density at radius 3 is 0.641 bits per heavy atom. The van der Waals surface area contributed by atoms with Gasteiger partial charge in [0.05, 0.1) is 0 Å². The molecule has 0 aliphatic carbocycles. The molecule has 0 N–H and O–H groups in total. The van der Waals surface area contributed by atoms with Crippen molar-refractivity contribution in [2.24, 2.45) is 0 Å². The molecular formula is C72H136O6. The highest BCUT2D eigenvalue weighted by molar-refractivity contribution is 5.71. The standard InChI is InChI=1S/C72H136O6/c1-4-7-10-13-16-19-22-25-28-31-34-36-39-41-44-47-50-53-56-59-62-65-71(74)77-68-69(67-76-70(73)64-61-58-55-52-49-46-43-40-37-33-30-27-24-21-18-15-12-9-6-3)78-72(75)66-63-60-57-54-51-48-45-42-38-35-32-29-26-23-20-17-14-11-8-5-2/h27,30-31,34,69H,4-26,28-29,32-33,35-68H2,1-3H3/b30-27-,34-31-. The number of hydrogen-bond acceptors (Lipinski definition) is 6. The van der Waals surface area contributed by atoms with Crippen LogP contribution in [-0.2, 0) is 28.6 Å². The van der Waals surface area contributed by atoms with E-state index in [2.05, 4.69) is 45.1 Å². The Bertz CT molecular complexity index is 1260. The maximum absolute atomic E-state index is 13.0. The van der Waals surface area contributed by atoms with E-state index in [1.54, 1.807) is 0 Å². The summed E-state index contributed by atoms with van der Waals surface area (Å²) in [4.78, 5) is 38.5. The molecule has 460 valence electrons. The number of unbranched alkanes of at least 4 members (excludes halogenated alkanes) is 51. The fourth-order valence-corrected chi connectivity index (χ4v) is 10.8. The van der Waals surface area contributed by atoms with Gasteiger partial charge in [-0.1, -0.05) is 334 Å². The first-order valence-corrected chi connectivity index (χ1v) is 35.3. The monoisotopic (exact) mass is 1100 g/mol. The molecule has 0 aromatic heterocycles. The summed E-state index contributed by atoms with van der Waals surface area (Å²) >= 11 is 0. The molecule has 0 saturated carbocycles. The molecule has 0 bridgehead atoms. The highest BCUT2D eigenvalue weighted by Gasteiger charge is 2.19. The zero-order chi connectivity index (χ0) is 56.4. The molecular weight excluding hydrogens is 961 g/mol. The lowest BCUT2D eigenvalue weighted by atomic mass is 10.0. The number of carbonyl (C=O) groups excluding carboxylic acids is 3. The van der Waals surface area contributed by atoms with E-state index in [0.29, 0.717) is 19.3 Å². The van der Waals surface area contributed by atoms with Gasteiger partial charge >= 0.3 is 17.9 Å². The first-order chi connectivity index (χ1) is 38.5. The minimum absolute atomic E-state index is 0.0674. The predicted octanol–water partition coefficient (Wildman–Crippen LogP) is 24.2. The van der Waals surface area contributed by atoms with Crippen LogP contribution in [0.25, 0.3) is 0 Å². The minimum atomic E-state index is -0.771. The van der Waals surface area contributed by atoms with Gasteiger partial charge in [0.25, 0.3) is 0 Å². The van der Waals surface area contributed by atoms with E-state index < -0.39 is 6.10 Å². The molecule has 0 amide bonds. The lowest BCUT2D eigenvalue weighted by Gasteiger charge is -2.18. The molecule has 78 heavy (non-hydrogen) atoms. The van der Waals surface area contributed by atoms with Crippen molar-refractivity contribution >= 4 is 17.9 Å². The van der Waals surface area contributed by atoms with Crippen LogP contribution >= 0.6 is 0 Å². The van der Waals surface area contributed by atoms with Crippen molar-refractivity contribution in [1.82, 2.24) is 0 Å². The number of hydrogen-bond donors (Lipinski definition) is 0. The average molecular weight is 1100 g/mol. The Hall–Kier alpha value is -2.11. The van der Waals surface area contributed by atoms with E-state index >= 15 is 0 Å². The number of allylic oxidation sites excluding steroid dienone is 4. The van der Waals surface area contributed by atoms with Gasteiger partial charge in [-0.2, -0.15) is 0 Å². The fourth-order valence-electron chi connectivity index (χ4n) is 10.8. The normalized spacial score (nSPS) is 12.1. The Labute approximate surface area is 487 Å². The van der Waals surface area contributed by atoms with Crippen LogP contribution in [0.15, 0.2) is 24.3 Å². The van der Waals surface area contributed by atoms with E-state index in [9.17, 15) is 14.4 Å². The summed E-state index contributed by atoms with van der Waals surface area (Å²) in [7, 11) is 0. The number of carbonyl (C=O) groups is 3. The Balaban J connectivity index is 4.31. The van der Waals surface area contributed by atoms with E-state index in [1.165, 1.54) is 302 Å². The Morgan fingerprint density at radius 1 is 0.244 bits per heavy atom. The van der Waals surface area contributed by atoms with Crippen molar-refractivity contribution in [2.45, 2.75) is 406 Å². The summed E-state index contributed by atoms with van der Waals surface area (Å²) in [5.74, 6) is -0.838. The second-order valence-corrected chi connectivity index (χ2v) is 24.1. The SMILES string of the molecule is CCCCCCCC/C=C\CCCCCCCCCCCC(=O)OCC(COC(=O)CCCCCCCCCCC/C=C\CCCCCCCCCC)OC(=O)CCCCCCCCCCCCCCCCCCCCCC. The van der Waals surface area contributed by atoms with Gasteiger partial charge in [-0.15, -0.1) is 0 Å². The van der Waals surface area contributed by atoms with Crippen LogP contribution < -0.4 is 0 Å². The average Bonchev–Trinajstić information content (AvgIpc) is 3.44. The van der Waals surface area contributed by atoms with Crippen molar-refractivity contribution in [3.05, 3.63) is 24.3 Å². The lowest BCUT2D eigenvalue weighted by molar-refractivity contribution is -0.167. The molecule has 1 atom stereocenters. The second kappa shape index (κ2) is 67.4. The van der Waals surface area contributed by atoms with Crippen LogP contribution in [0.3, 0.4) is 0 Å². The first kappa shape index (κ1) is 75.9. The van der Waals surface area contributed by atoms with Crippen molar-refractivity contribution in [2.75, 3.05) is 13.2 Å². The number of ether oxygens (including phenoxy) is 3. The van der Waals surface area contributed by atoms with Crippen LogP contribution in [0.2, 0.25) is 0 Å². The smallest absolute Gasteiger partial charge is 0.306 e. The Kier molecular flexibility index (Phi) is 65.6. The van der Waals surface area contributed by atoms with Crippen molar-refractivity contribution in [3.8, 4) is 0 Å². The van der Waals surface area contributed by atoms with E-state index in [-0.39, 0.29) is 31.1 Å². The van der Waals surface area contributed by atoms with Crippen molar-refractivity contribution in [3.63, 3.8) is 0 Å². The minimum Gasteiger partial charge on any atom is -0.462 e. The van der Waals surface area contributed by atoms with Crippen LogP contribution in [0.1, 0.15) is 400 Å². The largest absolute Gasteiger partial charge is 0.462 e. The summed E-state index contributed by atoms with van der Waals surface area (Å²) in [6.07, 6.45) is 82.0. The molecule has 0 aliphatic heterocycles. The third kappa shape index (κ3) is 64.7. The van der Waals surface area contributed by atoms with Gasteiger partial charge in [-0.05, 0) is 70.6 Å². The van der Waals surface area contributed by atoms with Gasteiger partial charge in [0.15, 0.2) is 6.10 Å². The van der Waals surface area contributed by atoms with Crippen LogP contribution in [0.4, 0.5) is 0 Å². The molecule has 1 unspecified atom stereocenters. The number of esters is 3. The zero-order valence-corrected chi connectivity index (χ0v) is 53.0. The van der Waals surface area contributed by atoms with Crippen LogP contribution in [-0.4, -0.2) is 37.2 Å². The molecule has 0 heterocycles. The summed E-state index contributed by atoms with van der Waals surface area (Å²) in [6.45, 7) is 6.72. The van der Waals surface area contributed by atoms with Crippen molar-refractivity contribution in [1.29, 1.82) is 0 Å². The van der Waals surface area contributed by atoms with Crippen LogP contribution in [0, 0.1) is 0 Å². The molecule has 0 fully saturated rings. The lowest BCUT2D eigenvalue weighted by Crippen LogP contribution is -2.30. The quantitative estimate of drug-likeness (QED) is 0.0261. The molecule has 0 radical (unpaired) electrons. The van der Waals surface area contributed by atoms with Gasteiger partial charge in [0.1, 0.15) is 13.2 Å². The summed E-state index contributed by atoms with van der Waals surface area (Å²) in [5.41, 5.74) is 0.